The van der Waals surface area contributed by atoms with Crippen molar-refractivity contribution in [3.8, 4) is 0 Å². The van der Waals surface area contributed by atoms with Gasteiger partial charge in [-0.05, 0) is 142 Å². The second kappa shape index (κ2) is 17.0. The Balaban J connectivity index is 0.903. The van der Waals surface area contributed by atoms with Crippen LogP contribution in [0.5, 0.6) is 0 Å². The fourth-order valence-corrected chi connectivity index (χ4v) is 11.9. The molecular formula is C45H56F2N4O6S. The Kier molecular flexibility index (Phi) is 12.0. The summed E-state index contributed by atoms with van der Waals surface area (Å²) in [5.74, 6) is 0.0758. The van der Waals surface area contributed by atoms with Crippen molar-refractivity contribution in [1.82, 2.24) is 14.7 Å². The fraction of sp³-hybridized carbons (Fsp3) is 0.556. The second-order valence-electron chi connectivity index (χ2n) is 17.2. The number of esters is 1. The van der Waals surface area contributed by atoms with Crippen LogP contribution in [-0.4, -0.2) is 126 Å². The Morgan fingerprint density at radius 1 is 0.845 bits per heavy atom. The molecule has 312 valence electrons. The van der Waals surface area contributed by atoms with Crippen molar-refractivity contribution in [3.63, 3.8) is 0 Å². The number of benzene rings is 3. The maximum atomic E-state index is 16.3. The first-order valence-corrected chi connectivity index (χ1v) is 22.5. The van der Waals surface area contributed by atoms with Crippen LogP contribution in [-0.2, 0) is 29.5 Å². The summed E-state index contributed by atoms with van der Waals surface area (Å²) in [4.78, 5) is 34.1. The van der Waals surface area contributed by atoms with Gasteiger partial charge in [-0.1, -0.05) is 18.6 Å². The first-order chi connectivity index (χ1) is 28.0. The SMILES string of the molecule is COC(=O)C[C@H]1CCC[C@@H]1[C@](CN1CCC1)(c1cccc(F)c1)C1CCN(CC2(F)CN(c3ccc(S(=O)(=O)c4ccc(C(=O)N5CCOCC5)cc4)cc3)C2)CC1. The Hall–Kier alpha value is -3.91. The van der Waals surface area contributed by atoms with Gasteiger partial charge in [0.1, 0.15) is 5.82 Å². The predicted octanol–water partition coefficient (Wildman–Crippen LogP) is 5.99. The number of carbonyl (C=O) groups is 2. The van der Waals surface area contributed by atoms with Gasteiger partial charge < -0.3 is 24.2 Å². The summed E-state index contributed by atoms with van der Waals surface area (Å²) in [5.41, 5.74) is 0.509. The lowest BCUT2D eigenvalue weighted by atomic mass is 9.56. The Morgan fingerprint density at radius 2 is 1.52 bits per heavy atom. The van der Waals surface area contributed by atoms with Gasteiger partial charge in [-0.2, -0.15) is 0 Å². The Bertz CT molecular complexity index is 2030. The van der Waals surface area contributed by atoms with E-state index < -0.39 is 15.5 Å². The number of sulfone groups is 1. The van der Waals surface area contributed by atoms with Crippen LogP contribution in [0.1, 0.15) is 60.9 Å². The van der Waals surface area contributed by atoms with E-state index in [1.54, 1.807) is 47.4 Å². The monoisotopic (exact) mass is 818 g/mol. The zero-order chi connectivity index (χ0) is 40.5. The minimum Gasteiger partial charge on any atom is -0.469 e. The molecule has 5 aliphatic rings. The first-order valence-electron chi connectivity index (χ1n) is 21.0. The molecule has 1 saturated carbocycles. The summed E-state index contributed by atoms with van der Waals surface area (Å²) >= 11 is 0. The number of carbonyl (C=O) groups excluding carboxylic acids is 2. The quantitative estimate of drug-likeness (QED) is 0.193. The molecule has 4 aliphatic heterocycles. The summed E-state index contributed by atoms with van der Waals surface area (Å²) in [5, 5.41) is 0. The van der Waals surface area contributed by atoms with Gasteiger partial charge in [-0.25, -0.2) is 17.2 Å². The molecule has 58 heavy (non-hydrogen) atoms. The van der Waals surface area contributed by atoms with E-state index in [9.17, 15) is 18.0 Å². The lowest BCUT2D eigenvalue weighted by Gasteiger charge is -2.54. The third-order valence-electron chi connectivity index (χ3n) is 13.8. The van der Waals surface area contributed by atoms with Gasteiger partial charge in [-0.3, -0.25) is 14.5 Å². The summed E-state index contributed by atoms with van der Waals surface area (Å²) < 4.78 is 68.8. The van der Waals surface area contributed by atoms with Crippen molar-refractivity contribution in [2.75, 3.05) is 90.7 Å². The lowest BCUT2D eigenvalue weighted by molar-refractivity contribution is -0.142. The zero-order valence-electron chi connectivity index (χ0n) is 33.5. The summed E-state index contributed by atoms with van der Waals surface area (Å²) in [7, 11) is -2.37. The van der Waals surface area contributed by atoms with Crippen molar-refractivity contribution in [1.29, 1.82) is 0 Å². The number of alkyl halides is 1. The van der Waals surface area contributed by atoms with Gasteiger partial charge in [-0.15, -0.1) is 0 Å². The fourth-order valence-electron chi connectivity index (χ4n) is 10.7. The van der Waals surface area contributed by atoms with E-state index in [-0.39, 0.29) is 63.7 Å². The molecule has 1 amide bonds. The number of morpholine rings is 1. The zero-order valence-corrected chi connectivity index (χ0v) is 34.3. The van der Waals surface area contributed by atoms with E-state index in [1.807, 2.05) is 11.0 Å². The molecule has 0 aromatic heterocycles. The number of piperidine rings is 1. The number of anilines is 1. The van der Waals surface area contributed by atoms with E-state index in [2.05, 4.69) is 15.9 Å². The van der Waals surface area contributed by atoms with Gasteiger partial charge in [0.05, 0.1) is 43.2 Å². The highest BCUT2D eigenvalue weighted by molar-refractivity contribution is 7.91. The van der Waals surface area contributed by atoms with Crippen molar-refractivity contribution in [3.05, 3.63) is 89.7 Å². The van der Waals surface area contributed by atoms with E-state index in [0.717, 1.165) is 82.5 Å². The molecule has 3 aromatic rings. The Morgan fingerprint density at radius 3 is 2.14 bits per heavy atom. The molecule has 0 unspecified atom stereocenters. The van der Waals surface area contributed by atoms with Gasteiger partial charge in [0, 0.05) is 49.3 Å². The number of amides is 1. The van der Waals surface area contributed by atoms with Crippen molar-refractivity contribution in [2.24, 2.45) is 17.8 Å². The minimum absolute atomic E-state index is 0.104. The van der Waals surface area contributed by atoms with E-state index in [1.165, 1.54) is 25.3 Å². The molecular weight excluding hydrogens is 763 g/mol. The lowest BCUT2D eigenvalue weighted by Crippen LogP contribution is -2.64. The van der Waals surface area contributed by atoms with Crippen molar-refractivity contribution >= 4 is 27.4 Å². The van der Waals surface area contributed by atoms with Gasteiger partial charge >= 0.3 is 5.97 Å². The molecule has 8 rings (SSSR count). The molecule has 3 atom stereocenters. The number of hydrogen-bond acceptors (Lipinski definition) is 9. The standard InChI is InChI=1S/C45H56F2N4O6S/c1-56-42(52)27-34-5-2-8-41(34)45(32-48-19-4-20-48,36-6-3-7-37(46)28-36)35-17-21-49(22-18-35)29-44(47)30-51(31-44)38-11-15-40(16-12-38)58(54,55)39-13-9-33(10-14-39)43(53)50-23-25-57-26-24-50/h3,6-7,9-16,28,34-35,41H,2,4-5,8,17-27,29-32H2,1H3/t34-,41+,45+/m1/s1. The summed E-state index contributed by atoms with van der Waals surface area (Å²) in [6, 6.07) is 19.8. The number of hydrogen-bond donors (Lipinski definition) is 0. The molecule has 0 spiro atoms. The number of halogens is 2. The number of nitrogens with zero attached hydrogens (tertiary/aromatic N) is 4. The average molecular weight is 819 g/mol. The predicted molar refractivity (Wildman–Crippen MR) is 217 cm³/mol. The normalized spacial score (nSPS) is 24.1. The van der Waals surface area contributed by atoms with E-state index in [4.69, 9.17) is 9.47 Å². The molecule has 0 N–H and O–H groups in total. The average Bonchev–Trinajstić information content (AvgIpc) is 3.68. The maximum Gasteiger partial charge on any atom is 0.305 e. The number of methoxy groups -OCH3 is 1. The highest BCUT2D eigenvalue weighted by Gasteiger charge is 2.53. The molecule has 5 fully saturated rings. The van der Waals surface area contributed by atoms with Crippen molar-refractivity contribution in [2.45, 2.75) is 65.8 Å². The molecule has 1 aliphatic carbocycles. The largest absolute Gasteiger partial charge is 0.469 e. The minimum atomic E-state index is -3.82. The third-order valence-corrected chi connectivity index (χ3v) is 15.6. The first kappa shape index (κ1) is 40.9. The number of likely N-dealkylation sites (tertiary alicyclic amines) is 2. The number of rotatable bonds is 13. The third kappa shape index (κ3) is 8.29. The van der Waals surface area contributed by atoms with Crippen LogP contribution in [0.3, 0.4) is 0 Å². The molecule has 3 aromatic carbocycles. The van der Waals surface area contributed by atoms with Crippen LogP contribution in [0, 0.1) is 23.6 Å². The highest BCUT2D eigenvalue weighted by atomic mass is 32.2. The van der Waals surface area contributed by atoms with E-state index >= 15 is 8.78 Å². The van der Waals surface area contributed by atoms with Gasteiger partial charge in [0.15, 0.2) is 5.67 Å². The molecule has 0 radical (unpaired) electrons. The van der Waals surface area contributed by atoms with Gasteiger partial charge in [0.2, 0.25) is 9.84 Å². The van der Waals surface area contributed by atoms with Crippen LogP contribution in [0.25, 0.3) is 0 Å². The summed E-state index contributed by atoms with van der Waals surface area (Å²) in [6.45, 7) is 7.13. The van der Waals surface area contributed by atoms with E-state index in [0.29, 0.717) is 44.8 Å². The van der Waals surface area contributed by atoms with Crippen LogP contribution in [0.4, 0.5) is 14.5 Å². The molecule has 13 heteroatoms. The smallest absolute Gasteiger partial charge is 0.305 e. The van der Waals surface area contributed by atoms with Crippen LogP contribution in [0.2, 0.25) is 0 Å². The second-order valence-corrected chi connectivity index (χ2v) is 19.2. The van der Waals surface area contributed by atoms with Crippen LogP contribution >= 0.6 is 0 Å². The molecule has 4 heterocycles. The number of ether oxygens (including phenoxy) is 2. The molecule has 0 bridgehead atoms. The van der Waals surface area contributed by atoms with Crippen molar-refractivity contribution < 1.29 is 36.3 Å². The maximum absolute atomic E-state index is 16.3. The Labute approximate surface area is 341 Å². The van der Waals surface area contributed by atoms with Gasteiger partial charge in [0.25, 0.3) is 5.91 Å². The summed E-state index contributed by atoms with van der Waals surface area (Å²) in [6.07, 6.45) is 6.26. The highest BCUT2D eigenvalue weighted by Crippen LogP contribution is 2.54. The van der Waals surface area contributed by atoms with Crippen LogP contribution in [0.15, 0.2) is 82.6 Å². The molecule has 4 saturated heterocycles. The molecule has 10 nitrogen and oxygen atoms in total. The van der Waals surface area contributed by atoms with Crippen LogP contribution < -0.4 is 4.90 Å². The topological polar surface area (TPSA) is 99.7 Å².